The molecule has 3 aromatic rings. The summed E-state index contributed by atoms with van der Waals surface area (Å²) in [6, 6.07) is 16.0. The van der Waals surface area contributed by atoms with E-state index in [0.717, 1.165) is 36.3 Å². The third-order valence-corrected chi connectivity index (χ3v) is 4.61. The van der Waals surface area contributed by atoms with Crippen LogP contribution in [0.2, 0.25) is 0 Å². The number of rotatable bonds is 3. The SMILES string of the molecule is O=C(Nc1ccc(-c2ncc[nH]2)cc1)C1CCCc2ccccc21. The maximum Gasteiger partial charge on any atom is 0.231 e. The van der Waals surface area contributed by atoms with E-state index in [1.165, 1.54) is 11.1 Å². The summed E-state index contributed by atoms with van der Waals surface area (Å²) >= 11 is 0. The zero-order valence-electron chi connectivity index (χ0n) is 13.3. The Hall–Kier alpha value is -2.88. The molecule has 120 valence electrons. The smallest absolute Gasteiger partial charge is 0.231 e. The van der Waals surface area contributed by atoms with Crippen molar-refractivity contribution in [3.8, 4) is 11.4 Å². The van der Waals surface area contributed by atoms with Gasteiger partial charge in [-0.2, -0.15) is 0 Å². The molecular formula is C20H19N3O. The molecule has 24 heavy (non-hydrogen) atoms. The van der Waals surface area contributed by atoms with Crippen molar-refractivity contribution in [3.63, 3.8) is 0 Å². The lowest BCUT2D eigenvalue weighted by molar-refractivity contribution is -0.117. The van der Waals surface area contributed by atoms with Gasteiger partial charge in [0, 0.05) is 23.6 Å². The minimum Gasteiger partial charge on any atom is -0.345 e. The number of aryl methyl sites for hydroxylation is 1. The fourth-order valence-corrected chi connectivity index (χ4v) is 3.39. The summed E-state index contributed by atoms with van der Waals surface area (Å²) in [6.07, 6.45) is 6.56. The number of nitrogens with one attached hydrogen (secondary N) is 2. The van der Waals surface area contributed by atoms with E-state index in [-0.39, 0.29) is 11.8 Å². The third kappa shape index (κ3) is 2.83. The second kappa shape index (κ2) is 6.32. The Morgan fingerprint density at radius 3 is 2.75 bits per heavy atom. The highest BCUT2D eigenvalue weighted by Crippen LogP contribution is 2.32. The van der Waals surface area contributed by atoms with E-state index in [1.807, 2.05) is 36.4 Å². The van der Waals surface area contributed by atoms with Crippen molar-refractivity contribution < 1.29 is 4.79 Å². The van der Waals surface area contributed by atoms with Crippen molar-refractivity contribution in [2.75, 3.05) is 5.32 Å². The first-order chi connectivity index (χ1) is 11.8. The molecule has 0 fully saturated rings. The number of carbonyl (C=O) groups is 1. The predicted molar refractivity (Wildman–Crippen MR) is 94.8 cm³/mol. The van der Waals surface area contributed by atoms with E-state index in [0.29, 0.717) is 0 Å². The molecule has 1 amide bonds. The van der Waals surface area contributed by atoms with Crippen molar-refractivity contribution in [1.29, 1.82) is 0 Å². The number of H-pyrrole nitrogens is 1. The highest BCUT2D eigenvalue weighted by Gasteiger charge is 2.26. The molecule has 1 atom stereocenters. The zero-order chi connectivity index (χ0) is 16.4. The zero-order valence-corrected chi connectivity index (χ0v) is 13.3. The number of carbonyl (C=O) groups excluding carboxylic acids is 1. The second-order valence-corrected chi connectivity index (χ2v) is 6.15. The van der Waals surface area contributed by atoms with Crippen LogP contribution in [0.15, 0.2) is 60.9 Å². The molecule has 0 saturated heterocycles. The summed E-state index contributed by atoms with van der Waals surface area (Å²) in [6.45, 7) is 0. The van der Waals surface area contributed by atoms with E-state index in [4.69, 9.17) is 0 Å². The molecule has 0 radical (unpaired) electrons. The minimum absolute atomic E-state index is 0.0558. The Labute approximate surface area is 141 Å². The van der Waals surface area contributed by atoms with Crippen LogP contribution in [-0.2, 0) is 11.2 Å². The van der Waals surface area contributed by atoms with Gasteiger partial charge < -0.3 is 10.3 Å². The van der Waals surface area contributed by atoms with Crippen molar-refractivity contribution in [2.24, 2.45) is 0 Å². The van der Waals surface area contributed by atoms with Crippen molar-refractivity contribution in [2.45, 2.75) is 25.2 Å². The average molecular weight is 317 g/mol. The van der Waals surface area contributed by atoms with Gasteiger partial charge in [-0.15, -0.1) is 0 Å². The summed E-state index contributed by atoms with van der Waals surface area (Å²) < 4.78 is 0. The fraction of sp³-hybridized carbons (Fsp3) is 0.200. The largest absolute Gasteiger partial charge is 0.345 e. The van der Waals surface area contributed by atoms with E-state index < -0.39 is 0 Å². The van der Waals surface area contributed by atoms with Crippen molar-refractivity contribution in [3.05, 3.63) is 72.1 Å². The lowest BCUT2D eigenvalue weighted by atomic mass is 9.82. The van der Waals surface area contributed by atoms with Gasteiger partial charge in [0.05, 0.1) is 5.92 Å². The minimum atomic E-state index is -0.0558. The van der Waals surface area contributed by atoms with E-state index >= 15 is 0 Å². The van der Waals surface area contributed by atoms with Gasteiger partial charge in [-0.25, -0.2) is 4.98 Å². The molecule has 2 aromatic carbocycles. The molecule has 1 aliphatic rings. The number of fused-ring (bicyclic) bond motifs is 1. The molecular weight excluding hydrogens is 298 g/mol. The number of amides is 1. The first-order valence-electron chi connectivity index (χ1n) is 8.30. The summed E-state index contributed by atoms with van der Waals surface area (Å²) in [4.78, 5) is 20.0. The van der Waals surface area contributed by atoms with Crippen molar-refractivity contribution >= 4 is 11.6 Å². The molecule has 4 nitrogen and oxygen atoms in total. The van der Waals surface area contributed by atoms with Crippen LogP contribution in [0.3, 0.4) is 0 Å². The number of hydrogen-bond donors (Lipinski definition) is 2. The number of nitrogens with zero attached hydrogens (tertiary/aromatic N) is 1. The molecule has 1 aliphatic carbocycles. The van der Waals surface area contributed by atoms with Gasteiger partial charge in [-0.3, -0.25) is 4.79 Å². The molecule has 1 heterocycles. The Balaban J connectivity index is 1.51. The number of benzene rings is 2. The standard InChI is InChI=1S/C20H19N3O/c24-20(18-7-3-5-14-4-1-2-6-17(14)18)23-16-10-8-15(9-11-16)19-21-12-13-22-19/h1-2,4,6,8-13,18H,3,5,7H2,(H,21,22)(H,23,24). The fourth-order valence-electron chi connectivity index (χ4n) is 3.39. The topological polar surface area (TPSA) is 57.8 Å². The van der Waals surface area contributed by atoms with Crippen LogP contribution in [0.5, 0.6) is 0 Å². The molecule has 4 heteroatoms. The van der Waals surface area contributed by atoms with Crippen molar-refractivity contribution in [1.82, 2.24) is 9.97 Å². The summed E-state index contributed by atoms with van der Waals surface area (Å²) in [7, 11) is 0. The molecule has 0 bridgehead atoms. The van der Waals surface area contributed by atoms with Crippen LogP contribution >= 0.6 is 0 Å². The normalized spacial score (nSPS) is 16.4. The first-order valence-corrected chi connectivity index (χ1v) is 8.30. The highest BCUT2D eigenvalue weighted by molar-refractivity contribution is 5.96. The molecule has 1 aromatic heterocycles. The number of anilines is 1. The molecule has 1 unspecified atom stereocenters. The van der Waals surface area contributed by atoms with Gasteiger partial charge >= 0.3 is 0 Å². The molecule has 4 rings (SSSR count). The average Bonchev–Trinajstić information content (AvgIpc) is 3.16. The van der Waals surface area contributed by atoms with E-state index in [9.17, 15) is 4.79 Å². The Morgan fingerprint density at radius 1 is 1.12 bits per heavy atom. The van der Waals surface area contributed by atoms with Crippen LogP contribution in [0.25, 0.3) is 11.4 Å². The molecule has 0 saturated carbocycles. The lowest BCUT2D eigenvalue weighted by Crippen LogP contribution is -2.24. The molecule has 0 aliphatic heterocycles. The molecule has 0 spiro atoms. The van der Waals surface area contributed by atoms with E-state index in [2.05, 4.69) is 27.4 Å². The van der Waals surface area contributed by atoms with Gasteiger partial charge in [-0.05, 0) is 54.7 Å². The third-order valence-electron chi connectivity index (χ3n) is 4.61. The van der Waals surface area contributed by atoms with Crippen LogP contribution in [0, 0.1) is 0 Å². The maximum atomic E-state index is 12.7. The van der Waals surface area contributed by atoms with E-state index in [1.54, 1.807) is 12.4 Å². The maximum absolute atomic E-state index is 12.7. The summed E-state index contributed by atoms with van der Waals surface area (Å²) in [5, 5.41) is 3.06. The quantitative estimate of drug-likeness (QED) is 0.763. The Kier molecular flexibility index (Phi) is 3.87. The van der Waals surface area contributed by atoms with Crippen LogP contribution < -0.4 is 5.32 Å². The summed E-state index contributed by atoms with van der Waals surface area (Å²) in [5.74, 6) is 0.849. The van der Waals surface area contributed by atoms with Gasteiger partial charge in [0.15, 0.2) is 0 Å². The second-order valence-electron chi connectivity index (χ2n) is 6.15. The number of aromatic nitrogens is 2. The van der Waals surface area contributed by atoms with Gasteiger partial charge in [0.25, 0.3) is 0 Å². The number of hydrogen-bond acceptors (Lipinski definition) is 2. The monoisotopic (exact) mass is 317 g/mol. The van der Waals surface area contributed by atoms with Gasteiger partial charge in [0.2, 0.25) is 5.91 Å². The Morgan fingerprint density at radius 2 is 1.96 bits per heavy atom. The number of aromatic amines is 1. The summed E-state index contributed by atoms with van der Waals surface area (Å²) in [5.41, 5.74) is 4.30. The first kappa shape index (κ1) is 14.7. The van der Waals surface area contributed by atoms with Crippen LogP contribution in [-0.4, -0.2) is 15.9 Å². The Bertz CT molecular complexity index is 838. The van der Waals surface area contributed by atoms with Crippen LogP contribution in [0.4, 0.5) is 5.69 Å². The highest BCUT2D eigenvalue weighted by atomic mass is 16.1. The number of imidazole rings is 1. The van der Waals surface area contributed by atoms with Crippen LogP contribution in [0.1, 0.15) is 29.9 Å². The van der Waals surface area contributed by atoms with Gasteiger partial charge in [0.1, 0.15) is 5.82 Å². The lowest BCUT2D eigenvalue weighted by Gasteiger charge is -2.24. The molecule has 2 N–H and O–H groups in total. The van der Waals surface area contributed by atoms with Gasteiger partial charge in [-0.1, -0.05) is 24.3 Å². The predicted octanol–water partition coefficient (Wildman–Crippen LogP) is 4.14.